The molecule has 0 aliphatic carbocycles. The molecular weight excluding hydrogens is 370 g/mol. The van der Waals surface area contributed by atoms with Crippen molar-refractivity contribution in [3.05, 3.63) is 120 Å². The first-order chi connectivity index (χ1) is 14.8. The number of aliphatic imine (C=N–C) groups is 1. The number of anilines is 1. The van der Waals surface area contributed by atoms with Crippen molar-refractivity contribution in [2.24, 2.45) is 4.99 Å². The molecule has 0 saturated heterocycles. The fourth-order valence-electron chi connectivity index (χ4n) is 3.70. The second-order valence-electron chi connectivity index (χ2n) is 7.15. The molecule has 0 unspecified atom stereocenters. The second-order valence-corrected chi connectivity index (χ2v) is 7.15. The molecule has 0 radical (unpaired) electrons. The first kappa shape index (κ1) is 17.9. The molecule has 144 valence electrons. The molecule has 3 aromatic carbocycles. The molecule has 2 heterocycles. The Labute approximate surface area is 175 Å². The second kappa shape index (κ2) is 7.70. The Morgan fingerprint density at radius 3 is 2.47 bits per heavy atom. The summed E-state index contributed by atoms with van der Waals surface area (Å²) in [5.74, 6) is 2.78. The van der Waals surface area contributed by atoms with Crippen LogP contribution in [0.25, 0.3) is 11.1 Å². The number of nitrogens with zero attached hydrogens (tertiary/aromatic N) is 2. The van der Waals surface area contributed by atoms with E-state index in [1.807, 2.05) is 84.9 Å². The third-order valence-corrected chi connectivity index (χ3v) is 5.21. The van der Waals surface area contributed by atoms with Gasteiger partial charge in [0, 0.05) is 6.08 Å². The van der Waals surface area contributed by atoms with Gasteiger partial charge in [-0.15, -0.1) is 0 Å². The van der Waals surface area contributed by atoms with E-state index in [0.717, 1.165) is 33.8 Å². The molecule has 0 spiro atoms. The van der Waals surface area contributed by atoms with Crippen LogP contribution in [0, 0.1) is 0 Å². The number of amides is 1. The van der Waals surface area contributed by atoms with Crippen molar-refractivity contribution < 1.29 is 4.79 Å². The molecule has 5 rings (SSSR count). The van der Waals surface area contributed by atoms with Gasteiger partial charge in [0.25, 0.3) is 5.91 Å². The Morgan fingerprint density at radius 1 is 0.900 bits per heavy atom. The number of fused-ring (bicyclic) bond motifs is 2. The van der Waals surface area contributed by atoms with Gasteiger partial charge in [-0.3, -0.25) is 4.79 Å². The van der Waals surface area contributed by atoms with Crippen LogP contribution in [-0.4, -0.2) is 16.7 Å². The maximum absolute atomic E-state index is 13.7. The van der Waals surface area contributed by atoms with Crippen molar-refractivity contribution >= 4 is 17.5 Å². The topological polar surface area (TPSA) is 44.7 Å². The average molecular weight is 389 g/mol. The summed E-state index contributed by atoms with van der Waals surface area (Å²) in [5.41, 5.74) is 6.09. The van der Waals surface area contributed by atoms with Crippen molar-refractivity contribution in [1.29, 1.82) is 0 Å². The van der Waals surface area contributed by atoms with Gasteiger partial charge < -0.3 is 10.2 Å². The minimum Gasteiger partial charge on any atom is -0.353 e. The third-order valence-electron chi connectivity index (χ3n) is 5.21. The van der Waals surface area contributed by atoms with E-state index in [2.05, 4.69) is 16.2 Å². The summed E-state index contributed by atoms with van der Waals surface area (Å²) >= 11 is 0. The van der Waals surface area contributed by atoms with Crippen LogP contribution >= 0.6 is 0 Å². The molecular formula is C26H19N3O. The lowest BCUT2D eigenvalue weighted by atomic mass is 10.0. The van der Waals surface area contributed by atoms with Crippen molar-refractivity contribution in [3.63, 3.8) is 0 Å². The number of allylic oxidation sites excluding steroid dienone is 2. The van der Waals surface area contributed by atoms with Gasteiger partial charge in [0.2, 0.25) is 0 Å². The quantitative estimate of drug-likeness (QED) is 0.653. The molecule has 30 heavy (non-hydrogen) atoms. The number of benzene rings is 3. The van der Waals surface area contributed by atoms with Crippen molar-refractivity contribution in [2.45, 2.75) is 6.54 Å². The number of carbonyl (C=O) groups excluding carboxylic acids is 1. The number of hydrogen-bond acceptors (Lipinski definition) is 3. The maximum atomic E-state index is 13.7. The number of rotatable bonds is 3. The summed E-state index contributed by atoms with van der Waals surface area (Å²) in [5, 5.41) is 3.43. The predicted octanol–water partition coefficient (Wildman–Crippen LogP) is 5.39. The number of carbonyl (C=O) groups is 1. The summed E-state index contributed by atoms with van der Waals surface area (Å²) in [4.78, 5) is 19.7. The first-order valence-corrected chi connectivity index (χ1v) is 9.81. The minimum atomic E-state index is -0.0640. The summed E-state index contributed by atoms with van der Waals surface area (Å²) in [6.07, 6.45) is 5.33. The lowest BCUT2D eigenvalue weighted by Crippen LogP contribution is -2.29. The molecule has 0 fully saturated rings. The van der Waals surface area contributed by atoms with Gasteiger partial charge in [0.1, 0.15) is 0 Å². The van der Waals surface area contributed by atoms with E-state index < -0.39 is 0 Å². The van der Waals surface area contributed by atoms with Crippen LogP contribution in [0.3, 0.4) is 0 Å². The van der Waals surface area contributed by atoms with Gasteiger partial charge in [0.05, 0.1) is 35.4 Å². The van der Waals surface area contributed by atoms with Crippen molar-refractivity contribution in [1.82, 2.24) is 4.90 Å². The molecule has 1 amide bonds. The first-order valence-electron chi connectivity index (χ1n) is 9.81. The number of nitrogens with one attached hydrogen (secondary N) is 1. The van der Waals surface area contributed by atoms with Crippen LogP contribution in [0.5, 0.6) is 0 Å². The molecule has 0 bridgehead atoms. The highest BCUT2D eigenvalue weighted by atomic mass is 16.2. The highest BCUT2D eigenvalue weighted by Gasteiger charge is 2.29. The van der Waals surface area contributed by atoms with Crippen molar-refractivity contribution in [2.75, 3.05) is 5.32 Å². The Bertz CT molecular complexity index is 1230. The monoisotopic (exact) mass is 389 g/mol. The van der Waals surface area contributed by atoms with Crippen LogP contribution in [0.4, 0.5) is 5.69 Å². The molecule has 1 N–H and O–H groups in total. The molecule has 4 nitrogen and oxygen atoms in total. The summed E-state index contributed by atoms with van der Waals surface area (Å²) in [6, 6.07) is 26.0. The van der Waals surface area contributed by atoms with E-state index in [9.17, 15) is 4.79 Å². The highest BCUT2D eigenvalue weighted by molar-refractivity contribution is 6.03. The Hall–Kier alpha value is -4.14. The van der Waals surface area contributed by atoms with Gasteiger partial charge in [-0.05, 0) is 40.8 Å². The van der Waals surface area contributed by atoms with Crippen LogP contribution in [0.15, 0.2) is 114 Å². The Morgan fingerprint density at radius 2 is 1.67 bits per heavy atom. The fourth-order valence-corrected chi connectivity index (χ4v) is 3.70. The standard InChI is InChI=1S/C26H19N3O/c30-26-22-16-21(20-10-5-2-6-11-20)13-14-23(22)28-24-12-7-15-27-17-25(24)29(26)18-19-8-3-1-4-9-19/h1-14,16-17,28H,18H2. The summed E-state index contributed by atoms with van der Waals surface area (Å²) < 4.78 is 0. The molecule has 3 aromatic rings. The Balaban J connectivity index is 1.63. The zero-order valence-electron chi connectivity index (χ0n) is 16.2. The lowest BCUT2D eigenvalue weighted by molar-refractivity contribution is 0.0802. The SMILES string of the molecule is O=C1c2cc(-c3ccccc3)ccc2NC2=CC=C=NC=C2N1Cc1ccccc1. The van der Waals surface area contributed by atoms with Crippen LogP contribution in [0.2, 0.25) is 0 Å². The van der Waals surface area contributed by atoms with E-state index in [1.54, 1.807) is 17.2 Å². The van der Waals surface area contributed by atoms with Gasteiger partial charge in [-0.1, -0.05) is 66.7 Å². The largest absolute Gasteiger partial charge is 0.353 e. The van der Waals surface area contributed by atoms with Crippen LogP contribution in [-0.2, 0) is 6.54 Å². The summed E-state index contributed by atoms with van der Waals surface area (Å²) in [6.45, 7) is 0.453. The zero-order valence-corrected chi connectivity index (χ0v) is 16.2. The van der Waals surface area contributed by atoms with E-state index in [-0.39, 0.29) is 5.91 Å². The van der Waals surface area contributed by atoms with E-state index in [0.29, 0.717) is 12.1 Å². The summed E-state index contributed by atoms with van der Waals surface area (Å²) in [7, 11) is 0. The third kappa shape index (κ3) is 3.37. The van der Waals surface area contributed by atoms with E-state index in [4.69, 9.17) is 0 Å². The molecule has 4 heteroatoms. The number of hydrogen-bond donors (Lipinski definition) is 1. The molecule has 0 aromatic heterocycles. The Kier molecular flexibility index (Phi) is 4.60. The average Bonchev–Trinajstić information content (AvgIpc) is 3.08. The lowest BCUT2D eigenvalue weighted by Gasteiger charge is -2.24. The molecule has 2 aliphatic heterocycles. The smallest absolute Gasteiger partial charge is 0.260 e. The highest BCUT2D eigenvalue weighted by Crippen LogP contribution is 2.34. The fraction of sp³-hybridized carbons (Fsp3) is 0.0385. The zero-order chi connectivity index (χ0) is 20.3. The molecule has 0 atom stereocenters. The normalized spacial score (nSPS) is 14.7. The van der Waals surface area contributed by atoms with Gasteiger partial charge in [-0.25, -0.2) is 4.99 Å². The predicted molar refractivity (Wildman–Crippen MR) is 120 cm³/mol. The minimum absolute atomic E-state index is 0.0640. The molecule has 0 saturated carbocycles. The van der Waals surface area contributed by atoms with Gasteiger partial charge in [-0.2, -0.15) is 0 Å². The van der Waals surface area contributed by atoms with E-state index in [1.165, 1.54) is 0 Å². The van der Waals surface area contributed by atoms with Crippen LogP contribution in [0.1, 0.15) is 15.9 Å². The van der Waals surface area contributed by atoms with Gasteiger partial charge in [0.15, 0.2) is 0 Å². The van der Waals surface area contributed by atoms with Gasteiger partial charge >= 0.3 is 0 Å². The maximum Gasteiger partial charge on any atom is 0.260 e. The van der Waals surface area contributed by atoms with Crippen molar-refractivity contribution in [3.8, 4) is 11.1 Å². The van der Waals surface area contributed by atoms with E-state index >= 15 is 0 Å². The molecule has 2 aliphatic rings. The van der Waals surface area contributed by atoms with Crippen LogP contribution < -0.4 is 5.32 Å².